The van der Waals surface area contributed by atoms with E-state index in [1.165, 1.54) is 11.8 Å². The maximum absolute atomic E-state index is 12.3. The molecule has 1 amide bonds. The normalized spacial score (nSPS) is 10.7. The smallest absolute Gasteiger partial charge is 0.234 e. The SMILES string of the molecule is O=C(CSc1nc(Nc2ccccc2)c2ccccc2n1)Nc1ccc(Cl)cc1. The van der Waals surface area contributed by atoms with Crippen LogP contribution in [-0.4, -0.2) is 21.6 Å². The molecule has 0 bridgehead atoms. The number of para-hydroxylation sites is 2. The maximum atomic E-state index is 12.3. The van der Waals surface area contributed by atoms with Crippen LogP contribution in [0.5, 0.6) is 0 Å². The number of halogens is 1. The highest BCUT2D eigenvalue weighted by molar-refractivity contribution is 7.99. The molecule has 1 heterocycles. The summed E-state index contributed by atoms with van der Waals surface area (Å²) >= 11 is 7.16. The van der Waals surface area contributed by atoms with Crippen molar-refractivity contribution in [2.45, 2.75) is 5.16 Å². The molecule has 0 saturated carbocycles. The topological polar surface area (TPSA) is 66.9 Å². The van der Waals surface area contributed by atoms with Crippen molar-refractivity contribution in [2.24, 2.45) is 0 Å². The van der Waals surface area contributed by atoms with Crippen molar-refractivity contribution in [1.29, 1.82) is 0 Å². The van der Waals surface area contributed by atoms with E-state index in [1.54, 1.807) is 24.3 Å². The van der Waals surface area contributed by atoms with Crippen molar-refractivity contribution in [3.63, 3.8) is 0 Å². The van der Waals surface area contributed by atoms with Gasteiger partial charge in [0, 0.05) is 21.8 Å². The minimum absolute atomic E-state index is 0.133. The van der Waals surface area contributed by atoms with Crippen LogP contribution < -0.4 is 10.6 Å². The Morgan fingerprint density at radius 3 is 2.38 bits per heavy atom. The van der Waals surface area contributed by atoms with Gasteiger partial charge in [-0.05, 0) is 48.5 Å². The Morgan fingerprint density at radius 2 is 1.59 bits per heavy atom. The second kappa shape index (κ2) is 8.94. The lowest BCUT2D eigenvalue weighted by molar-refractivity contribution is -0.113. The molecule has 4 rings (SSSR count). The van der Waals surface area contributed by atoms with E-state index in [2.05, 4.69) is 20.6 Å². The summed E-state index contributed by atoms with van der Waals surface area (Å²) in [6.45, 7) is 0. The number of nitrogens with one attached hydrogen (secondary N) is 2. The van der Waals surface area contributed by atoms with Crippen LogP contribution in [0.4, 0.5) is 17.2 Å². The van der Waals surface area contributed by atoms with E-state index in [1.807, 2.05) is 54.6 Å². The molecule has 0 fully saturated rings. The van der Waals surface area contributed by atoms with E-state index in [0.717, 1.165) is 16.6 Å². The molecule has 1 aromatic heterocycles. The van der Waals surface area contributed by atoms with Crippen LogP contribution in [0.2, 0.25) is 5.02 Å². The van der Waals surface area contributed by atoms with Gasteiger partial charge < -0.3 is 10.6 Å². The summed E-state index contributed by atoms with van der Waals surface area (Å²) in [5.74, 6) is 0.778. The summed E-state index contributed by atoms with van der Waals surface area (Å²) in [6, 6.07) is 24.6. The molecular weight excluding hydrogens is 404 g/mol. The number of amides is 1. The van der Waals surface area contributed by atoms with Crippen molar-refractivity contribution in [2.75, 3.05) is 16.4 Å². The van der Waals surface area contributed by atoms with E-state index < -0.39 is 0 Å². The lowest BCUT2D eigenvalue weighted by Gasteiger charge is -2.11. The summed E-state index contributed by atoms with van der Waals surface area (Å²) in [5.41, 5.74) is 2.46. The summed E-state index contributed by atoms with van der Waals surface area (Å²) in [4.78, 5) is 21.5. The molecule has 2 N–H and O–H groups in total. The number of thioether (sulfide) groups is 1. The van der Waals surface area contributed by atoms with Crippen LogP contribution in [-0.2, 0) is 4.79 Å². The van der Waals surface area contributed by atoms with E-state index in [4.69, 9.17) is 11.6 Å². The molecule has 4 aromatic rings. The number of rotatable bonds is 6. The Bertz CT molecular complexity index is 1140. The second-order valence-electron chi connectivity index (χ2n) is 6.21. The summed E-state index contributed by atoms with van der Waals surface area (Å²) < 4.78 is 0. The monoisotopic (exact) mass is 420 g/mol. The van der Waals surface area contributed by atoms with Gasteiger partial charge in [-0.3, -0.25) is 4.79 Å². The minimum Gasteiger partial charge on any atom is -0.340 e. The fourth-order valence-electron chi connectivity index (χ4n) is 2.73. The lowest BCUT2D eigenvalue weighted by atomic mass is 10.2. The highest BCUT2D eigenvalue weighted by Gasteiger charge is 2.11. The van der Waals surface area contributed by atoms with Crippen LogP contribution >= 0.6 is 23.4 Å². The number of carbonyl (C=O) groups is 1. The highest BCUT2D eigenvalue weighted by Crippen LogP contribution is 2.27. The van der Waals surface area contributed by atoms with Gasteiger partial charge in [-0.25, -0.2) is 9.97 Å². The van der Waals surface area contributed by atoms with E-state index in [0.29, 0.717) is 21.7 Å². The molecule has 0 unspecified atom stereocenters. The number of fused-ring (bicyclic) bond motifs is 1. The number of nitrogens with zero attached hydrogens (tertiary/aromatic N) is 2. The van der Waals surface area contributed by atoms with Gasteiger partial charge in [-0.15, -0.1) is 0 Å². The highest BCUT2D eigenvalue weighted by atomic mass is 35.5. The first-order chi connectivity index (χ1) is 14.2. The predicted molar refractivity (Wildman–Crippen MR) is 120 cm³/mol. The summed E-state index contributed by atoms with van der Waals surface area (Å²) in [5, 5.41) is 8.27. The fourth-order valence-corrected chi connectivity index (χ4v) is 3.51. The molecule has 0 atom stereocenters. The minimum atomic E-state index is -0.133. The van der Waals surface area contributed by atoms with Gasteiger partial charge in [-0.2, -0.15) is 0 Å². The molecule has 0 aliphatic carbocycles. The third kappa shape index (κ3) is 5.04. The van der Waals surface area contributed by atoms with Gasteiger partial charge in [-0.1, -0.05) is 53.7 Å². The standard InChI is InChI=1S/C22H17ClN4OS/c23-15-10-12-17(13-11-15)24-20(28)14-29-22-26-19-9-5-4-8-18(19)21(27-22)25-16-6-2-1-3-7-16/h1-13H,14H2,(H,24,28)(H,25,26,27). The first kappa shape index (κ1) is 19.2. The van der Waals surface area contributed by atoms with Crippen molar-refractivity contribution in [3.8, 4) is 0 Å². The van der Waals surface area contributed by atoms with E-state index in [9.17, 15) is 4.79 Å². The van der Waals surface area contributed by atoms with Gasteiger partial charge in [0.05, 0.1) is 11.3 Å². The molecule has 0 aliphatic heterocycles. The number of anilines is 3. The Balaban J connectivity index is 1.51. The number of benzene rings is 3. The summed E-state index contributed by atoms with van der Waals surface area (Å²) in [7, 11) is 0. The molecule has 0 spiro atoms. The Labute approximate surface area is 177 Å². The third-order valence-electron chi connectivity index (χ3n) is 4.08. The van der Waals surface area contributed by atoms with E-state index in [-0.39, 0.29) is 11.7 Å². The fraction of sp³-hybridized carbons (Fsp3) is 0.0455. The van der Waals surface area contributed by atoms with Gasteiger partial charge in [0.1, 0.15) is 5.82 Å². The van der Waals surface area contributed by atoms with Crippen molar-refractivity contribution >= 4 is 57.4 Å². The third-order valence-corrected chi connectivity index (χ3v) is 5.18. The van der Waals surface area contributed by atoms with Crippen molar-refractivity contribution < 1.29 is 4.79 Å². The second-order valence-corrected chi connectivity index (χ2v) is 7.59. The van der Waals surface area contributed by atoms with Crippen LogP contribution in [0.1, 0.15) is 0 Å². The van der Waals surface area contributed by atoms with Crippen LogP contribution in [0, 0.1) is 0 Å². The lowest BCUT2D eigenvalue weighted by Crippen LogP contribution is -2.14. The summed E-state index contributed by atoms with van der Waals surface area (Å²) in [6.07, 6.45) is 0. The molecule has 3 aromatic carbocycles. The molecular formula is C22H17ClN4OS. The Morgan fingerprint density at radius 1 is 0.862 bits per heavy atom. The quantitative estimate of drug-likeness (QED) is 0.306. The number of aromatic nitrogens is 2. The number of carbonyl (C=O) groups excluding carboxylic acids is 1. The maximum Gasteiger partial charge on any atom is 0.234 e. The van der Waals surface area contributed by atoms with Gasteiger partial charge in [0.25, 0.3) is 0 Å². The predicted octanol–water partition coefficient (Wildman–Crippen LogP) is 5.76. The van der Waals surface area contributed by atoms with Gasteiger partial charge in [0.2, 0.25) is 5.91 Å². The molecule has 5 nitrogen and oxygen atoms in total. The number of hydrogen-bond donors (Lipinski definition) is 2. The zero-order valence-corrected chi connectivity index (χ0v) is 16.9. The Kier molecular flexibility index (Phi) is 5.93. The first-order valence-electron chi connectivity index (χ1n) is 8.94. The molecule has 0 saturated heterocycles. The molecule has 0 aliphatic rings. The molecule has 0 radical (unpaired) electrons. The van der Waals surface area contributed by atoms with E-state index >= 15 is 0 Å². The van der Waals surface area contributed by atoms with Crippen LogP contribution in [0.3, 0.4) is 0 Å². The zero-order valence-electron chi connectivity index (χ0n) is 15.3. The zero-order chi connectivity index (χ0) is 20.1. The molecule has 29 heavy (non-hydrogen) atoms. The van der Waals surface area contributed by atoms with Crippen LogP contribution in [0.25, 0.3) is 10.9 Å². The number of hydrogen-bond acceptors (Lipinski definition) is 5. The van der Waals surface area contributed by atoms with Crippen molar-refractivity contribution in [3.05, 3.63) is 83.9 Å². The van der Waals surface area contributed by atoms with Gasteiger partial charge >= 0.3 is 0 Å². The first-order valence-corrected chi connectivity index (χ1v) is 10.3. The molecule has 144 valence electrons. The average Bonchev–Trinajstić information content (AvgIpc) is 2.75. The molecule has 7 heteroatoms. The van der Waals surface area contributed by atoms with Gasteiger partial charge in [0.15, 0.2) is 5.16 Å². The Hall–Kier alpha value is -3.09. The van der Waals surface area contributed by atoms with Crippen LogP contribution in [0.15, 0.2) is 84.0 Å². The largest absolute Gasteiger partial charge is 0.340 e. The average molecular weight is 421 g/mol. The van der Waals surface area contributed by atoms with Crippen molar-refractivity contribution in [1.82, 2.24) is 9.97 Å².